The Kier molecular flexibility index (Phi) is 5.97. The maximum atomic E-state index is 14.5. The molecule has 2 aromatic heterocycles. The fraction of sp³-hybridized carbons (Fsp3) is 0.130. The van der Waals surface area contributed by atoms with Crippen LogP contribution in [0.1, 0.15) is 16.7 Å². The first-order chi connectivity index (χ1) is 14.9. The summed E-state index contributed by atoms with van der Waals surface area (Å²) < 4.78 is 31.1. The van der Waals surface area contributed by atoms with Crippen molar-refractivity contribution in [3.63, 3.8) is 0 Å². The van der Waals surface area contributed by atoms with Crippen molar-refractivity contribution in [3.05, 3.63) is 107 Å². The van der Waals surface area contributed by atoms with E-state index in [0.717, 1.165) is 23.3 Å². The fourth-order valence-electron chi connectivity index (χ4n) is 3.39. The molecule has 0 aliphatic heterocycles. The van der Waals surface area contributed by atoms with Crippen molar-refractivity contribution in [2.45, 2.75) is 18.7 Å². The molecule has 158 valence electrons. The second-order valence-corrected chi connectivity index (χ2v) is 7.69. The van der Waals surface area contributed by atoms with Crippen molar-refractivity contribution in [2.75, 3.05) is 0 Å². The molecule has 2 aromatic carbocycles. The van der Waals surface area contributed by atoms with Gasteiger partial charge in [0.1, 0.15) is 29.9 Å². The van der Waals surface area contributed by atoms with Crippen molar-refractivity contribution in [1.82, 2.24) is 19.3 Å². The summed E-state index contributed by atoms with van der Waals surface area (Å²) in [5.41, 5.74) is 0.198. The summed E-state index contributed by atoms with van der Waals surface area (Å²) in [4.78, 5) is 3.87. The molecule has 0 bridgehead atoms. The van der Waals surface area contributed by atoms with Crippen LogP contribution in [0.2, 0.25) is 5.02 Å². The zero-order valence-corrected chi connectivity index (χ0v) is 17.1. The highest BCUT2D eigenvalue weighted by molar-refractivity contribution is 6.30. The van der Waals surface area contributed by atoms with Gasteiger partial charge in [0, 0.05) is 29.0 Å². The highest BCUT2D eigenvalue weighted by atomic mass is 35.5. The van der Waals surface area contributed by atoms with Gasteiger partial charge >= 0.3 is 0 Å². The molecule has 5 nitrogen and oxygen atoms in total. The number of hydrogen-bond acceptors (Lipinski definition) is 3. The molecule has 0 saturated heterocycles. The van der Waals surface area contributed by atoms with E-state index in [1.807, 2.05) is 48.7 Å². The molecular weight excluding hydrogens is 422 g/mol. The van der Waals surface area contributed by atoms with Crippen LogP contribution in [0, 0.1) is 11.6 Å². The smallest absolute Gasteiger partial charge is 0.137 e. The van der Waals surface area contributed by atoms with Crippen LogP contribution in [0.5, 0.6) is 0 Å². The van der Waals surface area contributed by atoms with Crippen molar-refractivity contribution >= 4 is 23.8 Å². The monoisotopic (exact) mass is 440 g/mol. The van der Waals surface area contributed by atoms with Gasteiger partial charge in [-0.15, -0.1) is 0 Å². The Morgan fingerprint density at radius 2 is 1.77 bits per heavy atom. The average molecular weight is 441 g/mol. The zero-order valence-electron chi connectivity index (χ0n) is 16.4. The second-order valence-electron chi connectivity index (χ2n) is 7.25. The maximum Gasteiger partial charge on any atom is 0.137 e. The normalized spacial score (nSPS) is 13.5. The molecule has 0 radical (unpaired) electrons. The van der Waals surface area contributed by atoms with Gasteiger partial charge in [0.25, 0.3) is 0 Å². The van der Waals surface area contributed by atoms with Gasteiger partial charge in [0.05, 0.1) is 13.1 Å². The molecule has 1 N–H and O–H groups in total. The first-order valence-corrected chi connectivity index (χ1v) is 9.89. The lowest BCUT2D eigenvalue weighted by Crippen LogP contribution is -2.37. The van der Waals surface area contributed by atoms with Crippen LogP contribution in [0.25, 0.3) is 12.2 Å². The van der Waals surface area contributed by atoms with Crippen LogP contribution < -0.4 is 0 Å². The SMILES string of the molecule is OC(Cn1ccc(C=Cc2ccc(Cl)cc2)c1)(Cn1cncn1)c1ccc(F)cc1F. The van der Waals surface area contributed by atoms with E-state index < -0.39 is 17.2 Å². The second kappa shape index (κ2) is 8.83. The molecule has 0 saturated carbocycles. The summed E-state index contributed by atoms with van der Waals surface area (Å²) in [6.07, 6.45) is 10.3. The largest absolute Gasteiger partial charge is 0.381 e. The fourth-order valence-corrected chi connectivity index (χ4v) is 3.52. The number of hydrogen-bond donors (Lipinski definition) is 1. The first-order valence-electron chi connectivity index (χ1n) is 9.51. The van der Waals surface area contributed by atoms with Crippen molar-refractivity contribution in [2.24, 2.45) is 0 Å². The minimum Gasteiger partial charge on any atom is -0.381 e. The Morgan fingerprint density at radius 3 is 2.48 bits per heavy atom. The van der Waals surface area contributed by atoms with E-state index >= 15 is 0 Å². The van der Waals surface area contributed by atoms with E-state index in [2.05, 4.69) is 10.1 Å². The Hall–Kier alpha value is -3.29. The van der Waals surface area contributed by atoms with Crippen LogP contribution in [0.15, 0.2) is 73.6 Å². The molecule has 4 rings (SSSR count). The van der Waals surface area contributed by atoms with E-state index in [-0.39, 0.29) is 18.7 Å². The third-order valence-corrected chi connectivity index (χ3v) is 5.13. The number of nitrogens with zero attached hydrogens (tertiary/aromatic N) is 4. The van der Waals surface area contributed by atoms with Crippen molar-refractivity contribution < 1.29 is 13.9 Å². The van der Waals surface area contributed by atoms with Gasteiger partial charge in [-0.1, -0.05) is 42.0 Å². The Balaban J connectivity index is 1.59. The van der Waals surface area contributed by atoms with Crippen molar-refractivity contribution in [1.29, 1.82) is 0 Å². The van der Waals surface area contributed by atoms with Gasteiger partial charge in [-0.25, -0.2) is 18.4 Å². The van der Waals surface area contributed by atoms with Gasteiger partial charge in [-0.3, -0.25) is 0 Å². The molecule has 0 aliphatic rings. The summed E-state index contributed by atoms with van der Waals surface area (Å²) in [5, 5.41) is 16.1. The number of benzene rings is 2. The lowest BCUT2D eigenvalue weighted by atomic mass is 9.92. The summed E-state index contributed by atoms with van der Waals surface area (Å²) in [6, 6.07) is 12.5. The maximum absolute atomic E-state index is 14.5. The Morgan fingerprint density at radius 1 is 1.00 bits per heavy atom. The third-order valence-electron chi connectivity index (χ3n) is 4.88. The molecule has 0 spiro atoms. The van der Waals surface area contributed by atoms with Gasteiger partial charge < -0.3 is 9.67 Å². The lowest BCUT2D eigenvalue weighted by molar-refractivity contribution is -0.00534. The molecule has 8 heteroatoms. The first kappa shape index (κ1) is 21.0. The molecule has 0 aliphatic carbocycles. The molecule has 0 fully saturated rings. The van der Waals surface area contributed by atoms with Crippen LogP contribution in [0.3, 0.4) is 0 Å². The molecule has 2 heterocycles. The third kappa shape index (κ3) is 5.07. The zero-order chi connectivity index (χ0) is 21.8. The van der Waals surface area contributed by atoms with E-state index in [9.17, 15) is 13.9 Å². The minimum atomic E-state index is -1.68. The number of rotatable bonds is 7. The number of aromatic nitrogens is 4. The highest BCUT2D eigenvalue weighted by Gasteiger charge is 2.34. The predicted molar refractivity (Wildman–Crippen MR) is 115 cm³/mol. The molecule has 31 heavy (non-hydrogen) atoms. The quantitative estimate of drug-likeness (QED) is 0.450. The Labute approximate surface area is 182 Å². The average Bonchev–Trinajstić information content (AvgIpc) is 3.39. The van der Waals surface area contributed by atoms with Crippen LogP contribution in [0.4, 0.5) is 8.78 Å². The van der Waals surface area contributed by atoms with Gasteiger partial charge in [0.2, 0.25) is 0 Å². The lowest BCUT2D eigenvalue weighted by Gasteiger charge is -2.29. The van der Waals surface area contributed by atoms with Gasteiger partial charge in [-0.05, 0) is 35.4 Å². The Bertz CT molecular complexity index is 1190. The van der Waals surface area contributed by atoms with E-state index in [1.165, 1.54) is 23.4 Å². The topological polar surface area (TPSA) is 55.9 Å². The van der Waals surface area contributed by atoms with E-state index in [4.69, 9.17) is 11.6 Å². The van der Waals surface area contributed by atoms with Crippen LogP contribution in [-0.4, -0.2) is 24.4 Å². The summed E-state index contributed by atoms with van der Waals surface area (Å²) >= 11 is 5.91. The number of aliphatic hydroxyl groups is 1. The van der Waals surface area contributed by atoms with E-state index in [1.54, 1.807) is 10.8 Å². The predicted octanol–water partition coefficient (Wildman–Crippen LogP) is 4.77. The number of halogens is 3. The summed E-state index contributed by atoms with van der Waals surface area (Å²) in [7, 11) is 0. The van der Waals surface area contributed by atoms with E-state index in [0.29, 0.717) is 5.02 Å². The molecular formula is C23H19ClF2N4O. The molecule has 1 unspecified atom stereocenters. The molecule has 0 amide bonds. The molecule has 1 atom stereocenters. The summed E-state index contributed by atoms with van der Waals surface area (Å²) in [5.74, 6) is -1.53. The highest BCUT2D eigenvalue weighted by Crippen LogP contribution is 2.29. The van der Waals surface area contributed by atoms with Gasteiger partial charge in [-0.2, -0.15) is 5.10 Å². The van der Waals surface area contributed by atoms with Crippen LogP contribution in [-0.2, 0) is 18.7 Å². The standard InChI is InChI=1S/C23H19ClF2N4O/c24-19-5-3-17(4-6-19)1-2-18-9-10-29(12-18)13-23(31,14-30-16-27-15-28-30)21-8-7-20(25)11-22(21)26/h1-12,15-16,31H,13-14H2. The van der Waals surface area contributed by atoms with Crippen molar-refractivity contribution in [3.8, 4) is 0 Å². The molecule has 4 aromatic rings. The van der Waals surface area contributed by atoms with Gasteiger partial charge in [0.15, 0.2) is 0 Å². The van der Waals surface area contributed by atoms with Crippen LogP contribution >= 0.6 is 11.6 Å². The summed E-state index contributed by atoms with van der Waals surface area (Å²) in [6.45, 7) is -0.0200. The minimum absolute atomic E-state index is 0.0173.